The molecule has 0 aliphatic rings. The number of carbonyl (C=O) groups excluding carboxylic acids is 1. The highest BCUT2D eigenvalue weighted by atomic mass is 35.5. The monoisotopic (exact) mass is 395 g/mol. The van der Waals surface area contributed by atoms with Crippen LogP contribution in [-0.2, 0) is 16.3 Å². The summed E-state index contributed by atoms with van der Waals surface area (Å²) in [7, 11) is -3.96. The molecular weight excluding hydrogens is 374 g/mol. The van der Waals surface area contributed by atoms with Gasteiger partial charge < -0.3 is 4.90 Å². The van der Waals surface area contributed by atoms with Gasteiger partial charge in [0.1, 0.15) is 0 Å². The Labute approximate surface area is 159 Å². The Kier molecular flexibility index (Phi) is 6.26. The van der Waals surface area contributed by atoms with Gasteiger partial charge >= 0.3 is 6.03 Å². The number of halogens is 1. The molecule has 0 bridgehead atoms. The Morgan fingerprint density at radius 1 is 1.35 bits per heavy atom. The predicted octanol–water partition coefficient (Wildman–Crippen LogP) is 3.72. The second-order valence-electron chi connectivity index (χ2n) is 5.72. The molecular formula is C18H22ClN3O3S. The highest BCUT2D eigenvalue weighted by molar-refractivity contribution is 7.91. The average molecular weight is 396 g/mol. The van der Waals surface area contributed by atoms with Gasteiger partial charge in [-0.3, -0.25) is 0 Å². The second kappa shape index (κ2) is 8.05. The van der Waals surface area contributed by atoms with Crippen LogP contribution < -0.4 is 0 Å². The van der Waals surface area contributed by atoms with E-state index in [0.29, 0.717) is 30.8 Å². The Morgan fingerprint density at radius 3 is 2.54 bits per heavy atom. The van der Waals surface area contributed by atoms with Crippen LogP contribution in [0.3, 0.4) is 0 Å². The number of benzene rings is 1. The fourth-order valence-electron chi connectivity index (χ4n) is 2.68. The van der Waals surface area contributed by atoms with Crippen molar-refractivity contribution in [3.05, 3.63) is 53.2 Å². The number of allylic oxidation sites excluding steroid dienone is 1. The molecule has 0 atom stereocenters. The zero-order chi connectivity index (χ0) is 19.5. The number of hydrogen-bond acceptors (Lipinski definition) is 4. The van der Waals surface area contributed by atoms with Crippen LogP contribution in [0.15, 0.2) is 46.8 Å². The van der Waals surface area contributed by atoms with E-state index in [-0.39, 0.29) is 21.0 Å². The van der Waals surface area contributed by atoms with E-state index >= 15 is 0 Å². The predicted molar refractivity (Wildman–Crippen MR) is 101 cm³/mol. The van der Waals surface area contributed by atoms with Gasteiger partial charge in [0.2, 0.25) is 9.84 Å². The summed E-state index contributed by atoms with van der Waals surface area (Å²) in [4.78, 5) is 14.3. The molecule has 0 unspecified atom stereocenters. The number of hydrogen-bond donors (Lipinski definition) is 0. The summed E-state index contributed by atoms with van der Waals surface area (Å²) in [5.41, 5.74) is 0.979. The molecule has 0 saturated heterocycles. The summed E-state index contributed by atoms with van der Waals surface area (Å²) in [5, 5.41) is 4.03. The molecule has 0 aliphatic heterocycles. The molecule has 1 aromatic carbocycles. The first-order valence-corrected chi connectivity index (χ1v) is 10.1. The smallest absolute Gasteiger partial charge is 0.323 e. The minimum Gasteiger partial charge on any atom is -0.323 e. The Morgan fingerprint density at radius 2 is 2.00 bits per heavy atom. The Bertz CT molecular complexity index is 911. The van der Waals surface area contributed by atoms with Crippen molar-refractivity contribution in [1.29, 1.82) is 0 Å². The first-order chi connectivity index (χ1) is 12.3. The lowest BCUT2D eigenvalue weighted by atomic mass is 10.2. The third-order valence-corrected chi connectivity index (χ3v) is 6.29. The lowest BCUT2D eigenvalue weighted by molar-refractivity contribution is 0.200. The molecule has 0 saturated carbocycles. The van der Waals surface area contributed by atoms with Gasteiger partial charge in [-0.25, -0.2) is 13.2 Å². The van der Waals surface area contributed by atoms with Crippen LogP contribution in [0, 0.1) is 6.92 Å². The zero-order valence-electron chi connectivity index (χ0n) is 15.1. The molecule has 2 aromatic rings. The standard InChI is InChI=1S/C18H22ClN3O3S/c1-5-9-14-12-16(20-22(14)18(23)21(6-2)7-3)26(24,25)17-13(4)10-8-11-15(17)19/h5,8,10-12H,1,6-7,9H2,2-4H3. The maximum absolute atomic E-state index is 13.1. The molecule has 1 aromatic heterocycles. The van der Waals surface area contributed by atoms with Crippen molar-refractivity contribution in [2.75, 3.05) is 13.1 Å². The van der Waals surface area contributed by atoms with Crippen molar-refractivity contribution in [3.8, 4) is 0 Å². The molecule has 26 heavy (non-hydrogen) atoms. The van der Waals surface area contributed by atoms with Crippen LogP contribution >= 0.6 is 11.6 Å². The molecule has 2 rings (SSSR count). The number of rotatable bonds is 6. The van der Waals surface area contributed by atoms with E-state index < -0.39 is 9.84 Å². The van der Waals surface area contributed by atoms with Crippen LogP contribution in [0.1, 0.15) is 25.1 Å². The number of carbonyl (C=O) groups is 1. The van der Waals surface area contributed by atoms with Gasteiger partial charge in [0, 0.05) is 19.5 Å². The summed E-state index contributed by atoms with van der Waals surface area (Å²) < 4.78 is 27.3. The van der Waals surface area contributed by atoms with E-state index in [4.69, 9.17) is 11.6 Å². The Balaban J connectivity index is 2.62. The van der Waals surface area contributed by atoms with Crippen LogP contribution in [0.4, 0.5) is 4.79 Å². The molecule has 0 spiro atoms. The summed E-state index contributed by atoms with van der Waals surface area (Å²) >= 11 is 6.12. The highest BCUT2D eigenvalue weighted by Gasteiger charge is 2.28. The quantitative estimate of drug-likeness (QED) is 0.699. The van der Waals surface area contributed by atoms with E-state index in [1.165, 1.54) is 12.1 Å². The van der Waals surface area contributed by atoms with E-state index in [9.17, 15) is 13.2 Å². The van der Waals surface area contributed by atoms with Crippen molar-refractivity contribution in [2.24, 2.45) is 0 Å². The van der Waals surface area contributed by atoms with Gasteiger partial charge in [-0.05, 0) is 38.5 Å². The van der Waals surface area contributed by atoms with E-state index in [1.807, 2.05) is 13.8 Å². The summed E-state index contributed by atoms with van der Waals surface area (Å²) in [6.45, 7) is 10.0. The minimum atomic E-state index is -3.96. The lowest BCUT2D eigenvalue weighted by Crippen LogP contribution is -2.35. The number of amides is 1. The molecule has 1 heterocycles. The number of sulfone groups is 1. The number of aryl methyl sites for hydroxylation is 1. The number of nitrogens with zero attached hydrogens (tertiary/aromatic N) is 3. The topological polar surface area (TPSA) is 72.3 Å². The average Bonchev–Trinajstić information content (AvgIpc) is 3.00. The van der Waals surface area contributed by atoms with Gasteiger partial charge in [0.15, 0.2) is 5.03 Å². The van der Waals surface area contributed by atoms with Crippen LogP contribution in [0.5, 0.6) is 0 Å². The van der Waals surface area contributed by atoms with Gasteiger partial charge in [0.05, 0.1) is 15.6 Å². The molecule has 8 heteroatoms. The maximum atomic E-state index is 13.1. The van der Waals surface area contributed by atoms with Crippen molar-refractivity contribution in [3.63, 3.8) is 0 Å². The summed E-state index contributed by atoms with van der Waals surface area (Å²) in [6.07, 6.45) is 1.91. The normalized spacial score (nSPS) is 11.4. The first kappa shape index (κ1) is 20.2. The van der Waals surface area contributed by atoms with Gasteiger partial charge in [0.25, 0.3) is 0 Å². The van der Waals surface area contributed by atoms with E-state index in [1.54, 1.807) is 30.0 Å². The molecule has 0 radical (unpaired) electrons. The van der Waals surface area contributed by atoms with Crippen LogP contribution in [0.25, 0.3) is 0 Å². The largest absolute Gasteiger partial charge is 0.344 e. The molecule has 6 nitrogen and oxygen atoms in total. The summed E-state index contributed by atoms with van der Waals surface area (Å²) in [5.74, 6) is 0. The molecule has 0 N–H and O–H groups in total. The third-order valence-electron chi connectivity index (χ3n) is 4.04. The Hall–Kier alpha value is -2.12. The van der Waals surface area contributed by atoms with Crippen molar-refractivity contribution < 1.29 is 13.2 Å². The van der Waals surface area contributed by atoms with E-state index in [2.05, 4.69) is 11.7 Å². The maximum Gasteiger partial charge on any atom is 0.344 e. The fraction of sp³-hybridized carbons (Fsp3) is 0.333. The molecule has 140 valence electrons. The first-order valence-electron chi connectivity index (χ1n) is 8.27. The van der Waals surface area contributed by atoms with E-state index in [0.717, 1.165) is 4.68 Å². The summed E-state index contributed by atoms with van der Waals surface area (Å²) in [6, 6.07) is 5.90. The lowest BCUT2D eigenvalue weighted by Gasteiger charge is -2.19. The van der Waals surface area contributed by atoms with Gasteiger partial charge in [-0.1, -0.05) is 29.8 Å². The molecule has 1 amide bonds. The van der Waals surface area contributed by atoms with Crippen LogP contribution in [-0.4, -0.2) is 42.2 Å². The van der Waals surface area contributed by atoms with Crippen molar-refractivity contribution >= 4 is 27.5 Å². The van der Waals surface area contributed by atoms with Crippen molar-refractivity contribution in [2.45, 2.75) is 37.1 Å². The highest BCUT2D eigenvalue weighted by Crippen LogP contribution is 2.30. The fourth-order valence-corrected chi connectivity index (χ4v) is 4.71. The SMILES string of the molecule is C=CCc1cc(S(=O)(=O)c2c(C)cccc2Cl)nn1C(=O)N(CC)CC. The van der Waals surface area contributed by atoms with Gasteiger partial charge in [-0.2, -0.15) is 9.78 Å². The minimum absolute atomic E-state index is 0.00626. The molecule has 0 aliphatic carbocycles. The zero-order valence-corrected chi connectivity index (χ0v) is 16.6. The van der Waals surface area contributed by atoms with Gasteiger partial charge in [-0.15, -0.1) is 6.58 Å². The third kappa shape index (κ3) is 3.68. The second-order valence-corrected chi connectivity index (χ2v) is 7.96. The number of aromatic nitrogens is 2. The molecule has 0 fully saturated rings. The van der Waals surface area contributed by atoms with Crippen molar-refractivity contribution in [1.82, 2.24) is 14.7 Å². The van der Waals surface area contributed by atoms with Crippen LogP contribution in [0.2, 0.25) is 5.02 Å².